The fourth-order valence-corrected chi connectivity index (χ4v) is 5.52. The zero-order valence-electron chi connectivity index (χ0n) is 20.1. The van der Waals surface area contributed by atoms with Gasteiger partial charge in [0.1, 0.15) is 0 Å². The number of benzene rings is 3. The van der Waals surface area contributed by atoms with Gasteiger partial charge in [0.2, 0.25) is 5.62 Å². The first-order valence-electron chi connectivity index (χ1n) is 12.0. The van der Waals surface area contributed by atoms with E-state index in [4.69, 9.17) is 17.0 Å². The van der Waals surface area contributed by atoms with Gasteiger partial charge in [0, 0.05) is 35.2 Å². The Hall–Kier alpha value is -2.68. The number of piperidine rings is 1. The number of likely N-dealkylation sites (tertiary alicyclic amines) is 1. The molecule has 6 nitrogen and oxygen atoms in total. The van der Waals surface area contributed by atoms with Gasteiger partial charge in [-0.1, -0.05) is 63.9 Å². The lowest BCUT2D eigenvalue weighted by molar-refractivity contribution is 0.0661. The average Bonchev–Trinajstić information content (AvgIpc) is 3.16. The van der Waals surface area contributed by atoms with E-state index in [-0.39, 0.29) is 46.8 Å². The standard InChI is InChI=1S/C28H26BrClN4O2.BrH/c29-22-13-11-20(12-14-22)25(35)18-33-24-10-4-9-23(30)26(24)34(28(33)31)17-19-6-5-15-32(16-19)27(36)21-7-2-1-3-8-21;/h1-4,7-14,19,31H,5-6,15-18H2;1H. The largest absolute Gasteiger partial charge is 0.338 e. The van der Waals surface area contributed by atoms with Gasteiger partial charge in [0.05, 0.1) is 22.6 Å². The van der Waals surface area contributed by atoms with Crippen LogP contribution in [0.5, 0.6) is 0 Å². The van der Waals surface area contributed by atoms with E-state index >= 15 is 0 Å². The smallest absolute Gasteiger partial charge is 0.253 e. The molecule has 0 spiro atoms. The van der Waals surface area contributed by atoms with E-state index in [1.165, 1.54) is 0 Å². The predicted octanol–water partition coefficient (Wildman–Crippen LogP) is 6.35. The molecule has 192 valence electrons. The third kappa shape index (κ3) is 5.76. The highest BCUT2D eigenvalue weighted by Gasteiger charge is 2.26. The second-order valence-corrected chi connectivity index (χ2v) is 10.5. The van der Waals surface area contributed by atoms with Crippen molar-refractivity contribution in [2.75, 3.05) is 13.1 Å². The third-order valence-corrected chi connectivity index (χ3v) is 7.61. The van der Waals surface area contributed by atoms with Crippen molar-refractivity contribution in [2.24, 2.45) is 5.92 Å². The van der Waals surface area contributed by atoms with Crippen LogP contribution in [0.1, 0.15) is 33.6 Å². The van der Waals surface area contributed by atoms with Gasteiger partial charge in [-0.3, -0.25) is 15.0 Å². The van der Waals surface area contributed by atoms with Crippen molar-refractivity contribution in [3.8, 4) is 0 Å². The topological polar surface area (TPSA) is 71.1 Å². The van der Waals surface area contributed by atoms with Crippen LogP contribution >= 0.6 is 44.5 Å². The second-order valence-electron chi connectivity index (χ2n) is 9.18. The molecule has 1 aromatic heterocycles. The van der Waals surface area contributed by atoms with Crippen LogP contribution in [0.4, 0.5) is 0 Å². The molecule has 37 heavy (non-hydrogen) atoms. The summed E-state index contributed by atoms with van der Waals surface area (Å²) in [6.45, 7) is 1.95. The fraction of sp³-hybridized carbons (Fsp3) is 0.250. The zero-order chi connectivity index (χ0) is 25.2. The maximum atomic E-state index is 13.1. The van der Waals surface area contributed by atoms with Gasteiger partial charge in [0.15, 0.2) is 5.78 Å². The van der Waals surface area contributed by atoms with Crippen LogP contribution in [0.3, 0.4) is 0 Å². The van der Waals surface area contributed by atoms with Crippen LogP contribution in [0.15, 0.2) is 77.3 Å². The molecule has 1 amide bonds. The Labute approximate surface area is 239 Å². The molecule has 1 N–H and O–H groups in total. The highest BCUT2D eigenvalue weighted by molar-refractivity contribution is 9.10. The number of hydrogen-bond donors (Lipinski definition) is 1. The van der Waals surface area contributed by atoms with Crippen molar-refractivity contribution in [1.82, 2.24) is 14.0 Å². The minimum atomic E-state index is -0.0719. The summed E-state index contributed by atoms with van der Waals surface area (Å²) in [6, 6.07) is 22.1. The molecule has 1 saturated heterocycles. The van der Waals surface area contributed by atoms with Gasteiger partial charge >= 0.3 is 0 Å². The molecule has 1 aliphatic rings. The monoisotopic (exact) mass is 644 g/mol. The summed E-state index contributed by atoms with van der Waals surface area (Å²) >= 11 is 10.0. The number of nitrogens with zero attached hydrogens (tertiary/aromatic N) is 3. The fourth-order valence-electron chi connectivity index (χ4n) is 4.98. The zero-order valence-corrected chi connectivity index (χ0v) is 24.1. The Kier molecular flexibility index (Phi) is 8.72. The van der Waals surface area contributed by atoms with Crippen LogP contribution in [0, 0.1) is 11.3 Å². The van der Waals surface area contributed by atoms with Gasteiger partial charge in [0.25, 0.3) is 5.91 Å². The summed E-state index contributed by atoms with van der Waals surface area (Å²) in [5.74, 6) is 0.146. The molecular formula is C28H27Br2ClN4O2. The number of ketones is 1. The number of amides is 1. The molecular weight excluding hydrogens is 620 g/mol. The van der Waals surface area contributed by atoms with Gasteiger partial charge < -0.3 is 14.0 Å². The Balaban J connectivity index is 0.00000320. The van der Waals surface area contributed by atoms with Gasteiger partial charge in [-0.25, -0.2) is 0 Å². The summed E-state index contributed by atoms with van der Waals surface area (Å²) in [5, 5.41) is 9.52. The number of carbonyl (C=O) groups excluding carboxylic acids is 2. The molecule has 1 atom stereocenters. The highest BCUT2D eigenvalue weighted by Crippen LogP contribution is 2.26. The summed E-state index contributed by atoms with van der Waals surface area (Å²) in [4.78, 5) is 28.0. The minimum absolute atomic E-state index is 0. The number of carbonyl (C=O) groups is 2. The van der Waals surface area contributed by atoms with Crippen molar-refractivity contribution >= 4 is 67.2 Å². The van der Waals surface area contributed by atoms with E-state index in [1.54, 1.807) is 16.7 Å². The summed E-state index contributed by atoms with van der Waals surface area (Å²) < 4.78 is 4.53. The van der Waals surface area contributed by atoms with Crippen LogP contribution in [0.25, 0.3) is 11.0 Å². The first kappa shape index (κ1) is 27.4. The number of aromatic nitrogens is 2. The number of para-hydroxylation sites is 1. The number of Topliss-reactive ketones (excluding diaryl/α,β-unsaturated/α-hetero) is 1. The number of imidazole rings is 1. The SMILES string of the molecule is Br.N=c1n(CC(=O)c2ccc(Br)cc2)c2cccc(Cl)c2n1CC1CCCN(C(=O)c2ccccc2)C1. The highest BCUT2D eigenvalue weighted by atomic mass is 79.9. The molecule has 5 rings (SSSR count). The van der Waals surface area contributed by atoms with E-state index in [2.05, 4.69) is 15.9 Å². The lowest BCUT2D eigenvalue weighted by atomic mass is 9.97. The lowest BCUT2D eigenvalue weighted by Gasteiger charge is -2.33. The van der Waals surface area contributed by atoms with Crippen LogP contribution in [0.2, 0.25) is 5.02 Å². The molecule has 1 fully saturated rings. The average molecular weight is 647 g/mol. The van der Waals surface area contributed by atoms with Crippen molar-refractivity contribution < 1.29 is 9.59 Å². The molecule has 4 aromatic rings. The van der Waals surface area contributed by atoms with E-state index < -0.39 is 0 Å². The Morgan fingerprint density at radius 3 is 2.41 bits per heavy atom. The van der Waals surface area contributed by atoms with E-state index in [0.717, 1.165) is 34.9 Å². The van der Waals surface area contributed by atoms with Gasteiger partial charge in [-0.05, 0) is 55.2 Å². The molecule has 9 heteroatoms. The number of rotatable bonds is 6. The van der Waals surface area contributed by atoms with Crippen molar-refractivity contribution in [3.63, 3.8) is 0 Å². The van der Waals surface area contributed by atoms with Gasteiger partial charge in [-0.2, -0.15) is 0 Å². The summed E-state index contributed by atoms with van der Waals surface area (Å²) in [5.41, 5.74) is 3.02. The molecule has 0 radical (unpaired) electrons. The van der Waals surface area contributed by atoms with E-state index in [1.807, 2.05) is 70.1 Å². The normalized spacial score (nSPS) is 15.4. The molecule has 2 heterocycles. The Morgan fingerprint density at radius 2 is 1.68 bits per heavy atom. The number of halogens is 3. The first-order valence-corrected chi connectivity index (χ1v) is 13.1. The van der Waals surface area contributed by atoms with Crippen LogP contribution in [-0.4, -0.2) is 38.8 Å². The molecule has 0 aliphatic carbocycles. The predicted molar refractivity (Wildman–Crippen MR) is 155 cm³/mol. The molecule has 1 aliphatic heterocycles. The number of hydrogen-bond acceptors (Lipinski definition) is 3. The van der Waals surface area contributed by atoms with Crippen molar-refractivity contribution in [2.45, 2.75) is 25.9 Å². The molecule has 0 bridgehead atoms. The molecule has 0 saturated carbocycles. The third-order valence-electron chi connectivity index (χ3n) is 6.77. The maximum Gasteiger partial charge on any atom is 0.253 e. The Bertz CT molecular complexity index is 1480. The van der Waals surface area contributed by atoms with E-state index in [9.17, 15) is 9.59 Å². The molecule has 1 unspecified atom stereocenters. The summed E-state index contributed by atoms with van der Waals surface area (Å²) in [7, 11) is 0. The summed E-state index contributed by atoms with van der Waals surface area (Å²) in [6.07, 6.45) is 1.87. The lowest BCUT2D eigenvalue weighted by Crippen LogP contribution is -2.42. The minimum Gasteiger partial charge on any atom is -0.338 e. The maximum absolute atomic E-state index is 13.1. The Morgan fingerprint density at radius 1 is 0.946 bits per heavy atom. The second kappa shape index (κ2) is 11.8. The number of fused-ring (bicyclic) bond motifs is 1. The quantitative estimate of drug-likeness (QED) is 0.248. The van der Waals surface area contributed by atoms with Crippen LogP contribution < -0.4 is 5.62 Å². The van der Waals surface area contributed by atoms with Crippen molar-refractivity contribution in [3.05, 3.63) is 99.0 Å². The first-order chi connectivity index (χ1) is 17.4. The van der Waals surface area contributed by atoms with Crippen LogP contribution in [-0.2, 0) is 13.1 Å². The van der Waals surface area contributed by atoms with Gasteiger partial charge in [-0.15, -0.1) is 17.0 Å². The van der Waals surface area contributed by atoms with E-state index in [0.29, 0.717) is 29.2 Å². The molecule has 3 aromatic carbocycles. The van der Waals surface area contributed by atoms with Crippen molar-refractivity contribution in [1.29, 1.82) is 5.41 Å². The number of nitrogens with one attached hydrogen (secondary N) is 1.